The Morgan fingerprint density at radius 1 is 1.22 bits per heavy atom. The van der Waals surface area contributed by atoms with E-state index in [-0.39, 0.29) is 6.04 Å². The minimum absolute atomic E-state index is 0.195. The summed E-state index contributed by atoms with van der Waals surface area (Å²) < 4.78 is 37.0. The maximum Gasteiger partial charge on any atom is 0.416 e. The molecule has 0 spiro atoms. The van der Waals surface area contributed by atoms with E-state index in [2.05, 4.69) is 5.32 Å². The summed E-state index contributed by atoms with van der Waals surface area (Å²) in [7, 11) is 0. The van der Waals surface area contributed by atoms with E-state index in [0.29, 0.717) is 12.1 Å². The molecule has 1 aromatic rings. The molecule has 18 heavy (non-hydrogen) atoms. The molecule has 2 atom stereocenters. The van der Waals surface area contributed by atoms with Crippen LogP contribution < -0.4 is 5.32 Å². The molecule has 1 saturated carbocycles. The van der Waals surface area contributed by atoms with Crippen molar-refractivity contribution < 1.29 is 23.1 Å². The van der Waals surface area contributed by atoms with Gasteiger partial charge in [-0.3, -0.25) is 4.79 Å². The molecule has 1 aromatic carbocycles. The number of halogens is 3. The van der Waals surface area contributed by atoms with Crippen LogP contribution in [0.5, 0.6) is 0 Å². The highest BCUT2D eigenvalue weighted by molar-refractivity contribution is 5.73. The molecule has 3 nitrogen and oxygen atoms in total. The average molecular weight is 259 g/mol. The Morgan fingerprint density at radius 3 is 2.22 bits per heavy atom. The normalized spacial score (nSPS) is 23.3. The van der Waals surface area contributed by atoms with Gasteiger partial charge in [0.1, 0.15) is 0 Å². The van der Waals surface area contributed by atoms with Crippen LogP contribution in [0.1, 0.15) is 18.4 Å². The van der Waals surface area contributed by atoms with E-state index in [1.165, 1.54) is 12.1 Å². The lowest BCUT2D eigenvalue weighted by Gasteiger charge is -2.34. The monoisotopic (exact) mass is 259 g/mol. The Bertz CT molecular complexity index is 442. The summed E-state index contributed by atoms with van der Waals surface area (Å²) in [6.45, 7) is 0. The first-order valence-electron chi connectivity index (χ1n) is 5.54. The van der Waals surface area contributed by atoms with Crippen molar-refractivity contribution in [3.8, 4) is 0 Å². The van der Waals surface area contributed by atoms with E-state index >= 15 is 0 Å². The van der Waals surface area contributed by atoms with Gasteiger partial charge in [0.15, 0.2) is 0 Å². The summed E-state index contributed by atoms with van der Waals surface area (Å²) in [5, 5.41) is 11.8. The van der Waals surface area contributed by atoms with Crippen LogP contribution in [-0.2, 0) is 11.0 Å². The summed E-state index contributed by atoms with van der Waals surface area (Å²) in [6.07, 6.45) is -3.02. The van der Waals surface area contributed by atoms with Crippen molar-refractivity contribution in [2.45, 2.75) is 25.1 Å². The van der Waals surface area contributed by atoms with E-state index < -0.39 is 23.6 Å². The number of rotatable bonds is 3. The summed E-state index contributed by atoms with van der Waals surface area (Å²) >= 11 is 0. The van der Waals surface area contributed by atoms with Gasteiger partial charge < -0.3 is 10.4 Å². The molecule has 2 N–H and O–H groups in total. The van der Waals surface area contributed by atoms with Gasteiger partial charge in [-0.1, -0.05) is 0 Å². The van der Waals surface area contributed by atoms with Crippen LogP contribution in [-0.4, -0.2) is 17.1 Å². The second-order valence-corrected chi connectivity index (χ2v) is 4.35. The van der Waals surface area contributed by atoms with Crippen LogP contribution in [0.3, 0.4) is 0 Å². The van der Waals surface area contributed by atoms with Crippen LogP contribution in [0.15, 0.2) is 24.3 Å². The van der Waals surface area contributed by atoms with Gasteiger partial charge >= 0.3 is 12.1 Å². The number of hydrogen-bond donors (Lipinski definition) is 2. The Kier molecular flexibility index (Phi) is 3.19. The maximum atomic E-state index is 12.3. The average Bonchev–Trinajstić information content (AvgIpc) is 2.23. The lowest BCUT2D eigenvalue weighted by atomic mass is 9.79. The molecule has 2 unspecified atom stereocenters. The molecule has 0 heterocycles. The van der Waals surface area contributed by atoms with Gasteiger partial charge in [0, 0.05) is 11.7 Å². The van der Waals surface area contributed by atoms with Crippen molar-refractivity contribution in [3.05, 3.63) is 29.8 Å². The predicted molar refractivity (Wildman–Crippen MR) is 59.2 cm³/mol. The fourth-order valence-corrected chi connectivity index (χ4v) is 1.94. The van der Waals surface area contributed by atoms with Crippen molar-refractivity contribution in [1.29, 1.82) is 0 Å². The Hall–Kier alpha value is -1.72. The summed E-state index contributed by atoms with van der Waals surface area (Å²) in [4.78, 5) is 10.8. The van der Waals surface area contributed by atoms with Gasteiger partial charge in [-0.05, 0) is 37.1 Å². The Balaban J connectivity index is 2.01. The fraction of sp³-hybridized carbons (Fsp3) is 0.417. The van der Waals surface area contributed by atoms with Crippen LogP contribution in [0.2, 0.25) is 0 Å². The first-order valence-corrected chi connectivity index (χ1v) is 5.54. The molecular weight excluding hydrogens is 247 g/mol. The zero-order valence-corrected chi connectivity index (χ0v) is 9.37. The zero-order chi connectivity index (χ0) is 13.3. The number of carboxylic acids is 1. The lowest BCUT2D eigenvalue weighted by Crippen LogP contribution is -2.42. The minimum atomic E-state index is -4.35. The van der Waals surface area contributed by atoms with Gasteiger partial charge in [0.05, 0.1) is 11.5 Å². The molecule has 6 heteroatoms. The highest BCUT2D eigenvalue weighted by atomic mass is 19.4. The lowest BCUT2D eigenvalue weighted by molar-refractivity contribution is -0.145. The number of carboxylic acid groups (broad SMARTS) is 1. The van der Waals surface area contributed by atoms with Gasteiger partial charge in [-0.2, -0.15) is 13.2 Å². The third-order valence-corrected chi connectivity index (χ3v) is 3.16. The molecule has 98 valence electrons. The third-order valence-electron chi connectivity index (χ3n) is 3.16. The van der Waals surface area contributed by atoms with Crippen LogP contribution >= 0.6 is 0 Å². The van der Waals surface area contributed by atoms with Crippen molar-refractivity contribution in [2.75, 3.05) is 5.32 Å². The van der Waals surface area contributed by atoms with Crippen molar-refractivity contribution in [3.63, 3.8) is 0 Å². The van der Waals surface area contributed by atoms with E-state index in [9.17, 15) is 18.0 Å². The van der Waals surface area contributed by atoms with Crippen molar-refractivity contribution in [1.82, 2.24) is 0 Å². The molecule has 0 radical (unpaired) electrons. The molecule has 0 aromatic heterocycles. The molecule has 1 aliphatic carbocycles. The number of alkyl halides is 3. The van der Waals surface area contributed by atoms with Crippen molar-refractivity contribution >= 4 is 11.7 Å². The van der Waals surface area contributed by atoms with E-state index in [1.54, 1.807) is 0 Å². The topological polar surface area (TPSA) is 49.3 Å². The molecule has 2 rings (SSSR count). The minimum Gasteiger partial charge on any atom is -0.481 e. The van der Waals surface area contributed by atoms with Gasteiger partial charge in [0.25, 0.3) is 0 Å². The van der Waals surface area contributed by atoms with Crippen LogP contribution in [0.4, 0.5) is 18.9 Å². The number of hydrogen-bond acceptors (Lipinski definition) is 2. The largest absolute Gasteiger partial charge is 0.481 e. The molecule has 1 aliphatic rings. The van der Waals surface area contributed by atoms with Crippen LogP contribution in [0, 0.1) is 5.92 Å². The molecule has 1 fully saturated rings. The maximum absolute atomic E-state index is 12.3. The molecule has 0 aliphatic heterocycles. The van der Waals surface area contributed by atoms with E-state index in [0.717, 1.165) is 18.6 Å². The van der Waals surface area contributed by atoms with Gasteiger partial charge in [0.2, 0.25) is 0 Å². The van der Waals surface area contributed by atoms with Crippen LogP contribution in [0.25, 0.3) is 0 Å². The molecular formula is C12H12F3NO2. The van der Waals surface area contributed by atoms with Crippen molar-refractivity contribution in [2.24, 2.45) is 5.92 Å². The standard InChI is InChI=1S/C12H12F3NO2/c13-12(14,15)7-1-3-8(4-2-7)16-10-6-5-9(10)11(17)18/h1-4,9-10,16H,5-6H2,(H,17,18). The Labute approximate surface area is 102 Å². The van der Waals surface area contributed by atoms with Gasteiger partial charge in [-0.25, -0.2) is 0 Å². The number of carbonyl (C=O) groups is 1. The number of anilines is 1. The second-order valence-electron chi connectivity index (χ2n) is 4.35. The number of aliphatic carboxylic acids is 1. The third kappa shape index (κ3) is 2.57. The first-order chi connectivity index (χ1) is 8.38. The molecule has 0 saturated heterocycles. The molecule has 0 bridgehead atoms. The van der Waals surface area contributed by atoms with E-state index in [1.807, 2.05) is 0 Å². The smallest absolute Gasteiger partial charge is 0.416 e. The first kappa shape index (κ1) is 12.7. The second kappa shape index (κ2) is 4.51. The predicted octanol–water partition coefficient (Wildman–Crippen LogP) is 2.98. The highest BCUT2D eigenvalue weighted by Gasteiger charge is 2.36. The summed E-state index contributed by atoms with van der Waals surface area (Å²) in [5.41, 5.74) is -0.199. The number of nitrogens with one attached hydrogen (secondary N) is 1. The Morgan fingerprint density at radius 2 is 1.83 bits per heavy atom. The summed E-state index contributed by atoms with van der Waals surface area (Å²) in [5.74, 6) is -1.32. The highest BCUT2D eigenvalue weighted by Crippen LogP contribution is 2.33. The summed E-state index contributed by atoms with van der Waals surface area (Å²) in [6, 6.07) is 4.41. The van der Waals surface area contributed by atoms with Gasteiger partial charge in [-0.15, -0.1) is 0 Å². The zero-order valence-electron chi connectivity index (χ0n) is 9.37. The quantitative estimate of drug-likeness (QED) is 0.877. The van der Waals surface area contributed by atoms with E-state index in [4.69, 9.17) is 5.11 Å². The number of benzene rings is 1. The fourth-order valence-electron chi connectivity index (χ4n) is 1.94. The molecule has 0 amide bonds. The SMILES string of the molecule is O=C(O)C1CCC1Nc1ccc(C(F)(F)F)cc1.